The largest absolute Gasteiger partial charge is 0.496 e. The van der Waals surface area contributed by atoms with Crippen molar-refractivity contribution in [2.45, 2.75) is 26.3 Å². The van der Waals surface area contributed by atoms with Gasteiger partial charge in [-0.05, 0) is 24.6 Å². The van der Waals surface area contributed by atoms with Gasteiger partial charge in [0.25, 0.3) is 5.69 Å². The highest BCUT2D eigenvalue weighted by Crippen LogP contribution is 2.22. The van der Waals surface area contributed by atoms with E-state index in [0.717, 1.165) is 24.9 Å². The molecule has 17 heavy (non-hydrogen) atoms. The number of non-ortho nitro benzene ring substituents is 1. The molecule has 0 unspecified atom stereocenters. The Balaban J connectivity index is 2.70. The Morgan fingerprint density at radius 1 is 1.41 bits per heavy atom. The predicted octanol–water partition coefficient (Wildman–Crippen LogP) is 2.49. The Bertz CT molecular complexity index is 380. The van der Waals surface area contributed by atoms with Crippen molar-refractivity contribution in [2.24, 2.45) is 0 Å². The van der Waals surface area contributed by atoms with Crippen LogP contribution >= 0.6 is 0 Å². The van der Waals surface area contributed by atoms with E-state index in [1.807, 2.05) is 6.07 Å². The van der Waals surface area contributed by atoms with Gasteiger partial charge in [-0.2, -0.15) is 0 Å². The van der Waals surface area contributed by atoms with Crippen molar-refractivity contribution in [3.63, 3.8) is 0 Å². The highest BCUT2D eigenvalue weighted by Gasteiger charge is 2.09. The standard InChI is InChI=1S/C12H18N2O3/c1-3-4-5-13-9-10-6-11(14(15)16)8-12(7-10)17-2/h6-8,13H,3-5,9H2,1-2H3. The first-order chi connectivity index (χ1) is 8.17. The maximum absolute atomic E-state index is 10.7. The van der Waals surface area contributed by atoms with Crippen LogP contribution in [0.3, 0.4) is 0 Å². The first-order valence-corrected chi connectivity index (χ1v) is 5.70. The van der Waals surface area contributed by atoms with E-state index in [2.05, 4.69) is 12.2 Å². The number of nitro benzene ring substituents is 1. The molecule has 1 aromatic carbocycles. The third-order valence-electron chi connectivity index (χ3n) is 2.43. The van der Waals surface area contributed by atoms with E-state index in [4.69, 9.17) is 4.74 Å². The average Bonchev–Trinajstić information content (AvgIpc) is 2.34. The fraction of sp³-hybridized carbons (Fsp3) is 0.500. The molecule has 1 aromatic rings. The van der Waals surface area contributed by atoms with E-state index in [1.54, 1.807) is 6.07 Å². The van der Waals surface area contributed by atoms with Crippen LogP contribution < -0.4 is 10.1 Å². The highest BCUT2D eigenvalue weighted by atomic mass is 16.6. The van der Waals surface area contributed by atoms with Crippen LogP contribution in [0.15, 0.2) is 18.2 Å². The zero-order valence-corrected chi connectivity index (χ0v) is 10.2. The van der Waals surface area contributed by atoms with Crippen molar-refractivity contribution in [2.75, 3.05) is 13.7 Å². The lowest BCUT2D eigenvalue weighted by molar-refractivity contribution is -0.385. The minimum atomic E-state index is -0.405. The smallest absolute Gasteiger partial charge is 0.273 e. The molecule has 0 radical (unpaired) electrons. The number of nitro groups is 1. The molecule has 5 nitrogen and oxygen atoms in total. The second-order valence-electron chi connectivity index (χ2n) is 3.83. The lowest BCUT2D eigenvalue weighted by Crippen LogP contribution is -2.14. The molecule has 0 fully saturated rings. The summed E-state index contributed by atoms with van der Waals surface area (Å²) in [5, 5.41) is 14.0. The molecule has 0 heterocycles. The van der Waals surface area contributed by atoms with Crippen LogP contribution in [0.5, 0.6) is 5.75 Å². The van der Waals surface area contributed by atoms with Gasteiger partial charge in [0.2, 0.25) is 0 Å². The predicted molar refractivity (Wildman–Crippen MR) is 66.3 cm³/mol. The molecule has 0 atom stereocenters. The number of unbranched alkanes of at least 4 members (excludes halogenated alkanes) is 1. The first kappa shape index (κ1) is 13.4. The number of rotatable bonds is 7. The van der Waals surface area contributed by atoms with Gasteiger partial charge in [-0.15, -0.1) is 0 Å². The van der Waals surface area contributed by atoms with Crippen molar-refractivity contribution >= 4 is 5.69 Å². The second kappa shape index (κ2) is 6.85. The van der Waals surface area contributed by atoms with E-state index in [-0.39, 0.29) is 5.69 Å². The summed E-state index contributed by atoms with van der Waals surface area (Å²) in [5.41, 5.74) is 0.934. The number of nitrogens with one attached hydrogen (secondary N) is 1. The number of nitrogens with zero attached hydrogens (tertiary/aromatic N) is 1. The molecular weight excluding hydrogens is 220 g/mol. The van der Waals surface area contributed by atoms with Crippen molar-refractivity contribution < 1.29 is 9.66 Å². The summed E-state index contributed by atoms with van der Waals surface area (Å²) in [5.74, 6) is 0.520. The molecule has 94 valence electrons. The van der Waals surface area contributed by atoms with Gasteiger partial charge in [0.1, 0.15) is 5.75 Å². The summed E-state index contributed by atoms with van der Waals surface area (Å²) in [6.45, 7) is 3.66. The summed E-state index contributed by atoms with van der Waals surface area (Å²) in [6.07, 6.45) is 2.23. The number of methoxy groups -OCH3 is 1. The van der Waals surface area contributed by atoms with Crippen molar-refractivity contribution in [1.82, 2.24) is 5.32 Å². The molecule has 0 saturated heterocycles. The second-order valence-corrected chi connectivity index (χ2v) is 3.83. The van der Waals surface area contributed by atoms with Crippen LogP contribution in [0.1, 0.15) is 25.3 Å². The van der Waals surface area contributed by atoms with Crippen LogP contribution in [0.4, 0.5) is 5.69 Å². The molecular formula is C12H18N2O3. The maximum Gasteiger partial charge on any atom is 0.273 e. The molecule has 0 aliphatic carbocycles. The third kappa shape index (κ3) is 4.40. The van der Waals surface area contributed by atoms with Gasteiger partial charge in [-0.3, -0.25) is 10.1 Å². The monoisotopic (exact) mass is 238 g/mol. The molecule has 0 saturated carbocycles. The highest BCUT2D eigenvalue weighted by molar-refractivity contribution is 5.42. The van der Waals surface area contributed by atoms with Crippen molar-refractivity contribution in [3.05, 3.63) is 33.9 Å². The van der Waals surface area contributed by atoms with Crippen molar-refractivity contribution in [1.29, 1.82) is 0 Å². The number of benzene rings is 1. The average molecular weight is 238 g/mol. The molecule has 5 heteroatoms. The first-order valence-electron chi connectivity index (χ1n) is 5.70. The van der Waals surface area contributed by atoms with Crippen LogP contribution in [0.25, 0.3) is 0 Å². The van der Waals surface area contributed by atoms with Gasteiger partial charge in [-0.25, -0.2) is 0 Å². The lowest BCUT2D eigenvalue weighted by atomic mass is 10.2. The maximum atomic E-state index is 10.7. The molecule has 1 N–H and O–H groups in total. The Labute approximate surface area is 101 Å². The number of hydrogen-bond acceptors (Lipinski definition) is 4. The van der Waals surface area contributed by atoms with Crippen molar-refractivity contribution in [3.8, 4) is 5.75 Å². The van der Waals surface area contributed by atoms with Gasteiger partial charge in [0.05, 0.1) is 18.1 Å². The molecule has 0 amide bonds. The Morgan fingerprint density at radius 2 is 2.18 bits per heavy atom. The van der Waals surface area contributed by atoms with E-state index in [0.29, 0.717) is 12.3 Å². The number of ether oxygens (including phenoxy) is 1. The third-order valence-corrected chi connectivity index (χ3v) is 2.43. The fourth-order valence-corrected chi connectivity index (χ4v) is 1.50. The van der Waals surface area contributed by atoms with Gasteiger partial charge in [0, 0.05) is 12.6 Å². The SMILES string of the molecule is CCCCNCc1cc(OC)cc([N+](=O)[O-])c1. The summed E-state index contributed by atoms with van der Waals surface area (Å²) >= 11 is 0. The van der Waals surface area contributed by atoms with Gasteiger partial charge in [-0.1, -0.05) is 13.3 Å². The summed E-state index contributed by atoms with van der Waals surface area (Å²) in [7, 11) is 1.51. The quantitative estimate of drug-likeness (QED) is 0.450. The zero-order valence-electron chi connectivity index (χ0n) is 10.2. The van der Waals surface area contributed by atoms with E-state index >= 15 is 0 Å². The summed E-state index contributed by atoms with van der Waals surface area (Å²) in [4.78, 5) is 10.3. The van der Waals surface area contributed by atoms with Gasteiger partial charge < -0.3 is 10.1 Å². The molecule has 1 rings (SSSR count). The molecule has 0 aromatic heterocycles. The minimum Gasteiger partial charge on any atom is -0.496 e. The fourth-order valence-electron chi connectivity index (χ4n) is 1.50. The Morgan fingerprint density at radius 3 is 2.76 bits per heavy atom. The topological polar surface area (TPSA) is 64.4 Å². The van der Waals surface area contributed by atoms with Gasteiger partial charge >= 0.3 is 0 Å². The molecule has 0 spiro atoms. The van der Waals surface area contributed by atoms with E-state index in [9.17, 15) is 10.1 Å². The zero-order chi connectivity index (χ0) is 12.7. The van der Waals surface area contributed by atoms with Crippen LogP contribution in [-0.2, 0) is 6.54 Å². The van der Waals surface area contributed by atoms with Crippen LogP contribution in [0.2, 0.25) is 0 Å². The minimum absolute atomic E-state index is 0.0663. The van der Waals surface area contributed by atoms with Crippen LogP contribution in [-0.4, -0.2) is 18.6 Å². The molecule has 0 aliphatic heterocycles. The number of hydrogen-bond donors (Lipinski definition) is 1. The Hall–Kier alpha value is -1.62. The lowest BCUT2D eigenvalue weighted by Gasteiger charge is -2.06. The normalized spacial score (nSPS) is 10.2. The summed E-state index contributed by atoms with van der Waals surface area (Å²) in [6, 6.07) is 4.81. The molecule has 0 bridgehead atoms. The molecule has 0 aliphatic rings. The van der Waals surface area contributed by atoms with Crippen LogP contribution in [0, 0.1) is 10.1 Å². The Kier molecular flexibility index (Phi) is 5.42. The summed E-state index contributed by atoms with van der Waals surface area (Å²) < 4.78 is 5.04. The van der Waals surface area contributed by atoms with E-state index in [1.165, 1.54) is 13.2 Å². The van der Waals surface area contributed by atoms with E-state index < -0.39 is 4.92 Å². The van der Waals surface area contributed by atoms with Gasteiger partial charge in [0.15, 0.2) is 0 Å².